The molecule has 0 aliphatic carbocycles. The summed E-state index contributed by atoms with van der Waals surface area (Å²) >= 11 is 0. The van der Waals surface area contributed by atoms with Crippen LogP contribution < -0.4 is 0 Å². The summed E-state index contributed by atoms with van der Waals surface area (Å²) in [6, 6.07) is 10.6. The van der Waals surface area contributed by atoms with Crippen molar-refractivity contribution < 1.29 is 4.74 Å². The molecule has 0 bridgehead atoms. The zero-order valence-corrected chi connectivity index (χ0v) is 8.74. The average molecular weight is 191 g/mol. The van der Waals surface area contributed by atoms with Crippen molar-refractivity contribution in [3.05, 3.63) is 42.8 Å². The molecule has 14 heavy (non-hydrogen) atoms. The molecule has 0 atom stereocenters. The van der Waals surface area contributed by atoms with Gasteiger partial charge in [0.1, 0.15) is 0 Å². The minimum atomic E-state index is 0.797. The first-order chi connectivity index (χ1) is 6.93. The standard InChI is InChI=1S/C13H19O/c1-2-11-14-12-7-6-10-13-8-4-3-5-9-13/h3-5,8-9H,1-2,6-7,10-12H2. The highest BCUT2D eigenvalue weighted by atomic mass is 16.5. The topological polar surface area (TPSA) is 9.23 Å². The lowest BCUT2D eigenvalue weighted by Crippen LogP contribution is -1.96. The summed E-state index contributed by atoms with van der Waals surface area (Å²) in [4.78, 5) is 0. The van der Waals surface area contributed by atoms with Gasteiger partial charge in [-0.2, -0.15) is 0 Å². The molecule has 0 aromatic heterocycles. The highest BCUT2D eigenvalue weighted by Crippen LogP contribution is 2.04. The third kappa shape index (κ3) is 5.03. The third-order valence-electron chi connectivity index (χ3n) is 2.14. The molecule has 1 aromatic carbocycles. The van der Waals surface area contributed by atoms with E-state index in [0.717, 1.165) is 32.5 Å². The van der Waals surface area contributed by atoms with E-state index in [4.69, 9.17) is 4.74 Å². The summed E-state index contributed by atoms with van der Waals surface area (Å²) in [5, 5.41) is 0. The van der Waals surface area contributed by atoms with Crippen LogP contribution >= 0.6 is 0 Å². The number of rotatable bonds is 7. The van der Waals surface area contributed by atoms with Crippen molar-refractivity contribution in [1.29, 1.82) is 0 Å². The number of aryl methyl sites for hydroxylation is 1. The van der Waals surface area contributed by atoms with Gasteiger partial charge in [0.2, 0.25) is 0 Å². The Hall–Kier alpha value is -0.820. The number of hydrogen-bond acceptors (Lipinski definition) is 1. The predicted molar refractivity (Wildman–Crippen MR) is 60.2 cm³/mol. The van der Waals surface area contributed by atoms with Gasteiger partial charge in [0.15, 0.2) is 0 Å². The maximum absolute atomic E-state index is 5.36. The lowest BCUT2D eigenvalue weighted by atomic mass is 10.1. The lowest BCUT2D eigenvalue weighted by Gasteiger charge is -2.02. The summed E-state index contributed by atoms with van der Waals surface area (Å²) in [6.07, 6.45) is 4.39. The number of unbranched alkanes of at least 4 members (excludes halogenated alkanes) is 1. The largest absolute Gasteiger partial charge is 0.381 e. The van der Waals surface area contributed by atoms with Crippen LogP contribution in [0.4, 0.5) is 0 Å². The summed E-state index contributed by atoms with van der Waals surface area (Å²) in [7, 11) is 0. The van der Waals surface area contributed by atoms with Crippen LogP contribution in [0.25, 0.3) is 0 Å². The molecule has 77 valence electrons. The fraction of sp³-hybridized carbons (Fsp3) is 0.462. The summed E-state index contributed by atoms with van der Waals surface area (Å²) in [6.45, 7) is 5.40. The van der Waals surface area contributed by atoms with Crippen LogP contribution in [0.3, 0.4) is 0 Å². The monoisotopic (exact) mass is 191 g/mol. The van der Waals surface area contributed by atoms with E-state index in [0.29, 0.717) is 0 Å². The Balaban J connectivity index is 1.99. The van der Waals surface area contributed by atoms with Gasteiger partial charge in [0.25, 0.3) is 0 Å². The smallest absolute Gasteiger partial charge is 0.0466 e. The highest BCUT2D eigenvalue weighted by Gasteiger charge is 1.92. The Morgan fingerprint density at radius 1 is 1.00 bits per heavy atom. The van der Waals surface area contributed by atoms with Gasteiger partial charge in [0.05, 0.1) is 0 Å². The summed E-state index contributed by atoms with van der Waals surface area (Å²) in [5.74, 6) is 0. The molecule has 0 fully saturated rings. The first-order valence-electron chi connectivity index (χ1n) is 5.34. The van der Waals surface area contributed by atoms with Crippen molar-refractivity contribution in [2.24, 2.45) is 0 Å². The van der Waals surface area contributed by atoms with Crippen molar-refractivity contribution >= 4 is 0 Å². The molecule has 0 N–H and O–H groups in total. The second kappa shape index (κ2) is 7.57. The van der Waals surface area contributed by atoms with Crippen LogP contribution in [0.5, 0.6) is 0 Å². The predicted octanol–water partition coefficient (Wildman–Crippen LogP) is 3.25. The SMILES string of the molecule is [CH2]CCOCCCCc1ccccc1. The van der Waals surface area contributed by atoms with Crippen LogP contribution in [0.15, 0.2) is 30.3 Å². The van der Waals surface area contributed by atoms with Crippen LogP contribution in [0.2, 0.25) is 0 Å². The molecule has 1 nitrogen and oxygen atoms in total. The molecule has 1 aromatic rings. The second-order valence-electron chi connectivity index (χ2n) is 3.41. The average Bonchev–Trinajstić information content (AvgIpc) is 2.25. The molecule has 0 saturated carbocycles. The molecule has 0 aliphatic heterocycles. The molecular weight excluding hydrogens is 172 g/mol. The Kier molecular flexibility index (Phi) is 6.09. The van der Waals surface area contributed by atoms with Gasteiger partial charge in [-0.1, -0.05) is 37.3 Å². The van der Waals surface area contributed by atoms with Crippen LogP contribution in [-0.2, 0) is 11.2 Å². The van der Waals surface area contributed by atoms with E-state index in [2.05, 4.69) is 37.3 Å². The minimum Gasteiger partial charge on any atom is -0.381 e. The van der Waals surface area contributed by atoms with Crippen LogP contribution in [0.1, 0.15) is 24.8 Å². The Labute approximate surface area is 87.1 Å². The Morgan fingerprint density at radius 2 is 1.79 bits per heavy atom. The van der Waals surface area contributed by atoms with Gasteiger partial charge in [-0.3, -0.25) is 0 Å². The fourth-order valence-corrected chi connectivity index (χ4v) is 1.38. The molecule has 1 heteroatoms. The third-order valence-corrected chi connectivity index (χ3v) is 2.14. The van der Waals surface area contributed by atoms with E-state index in [1.54, 1.807) is 0 Å². The molecule has 1 radical (unpaired) electrons. The van der Waals surface area contributed by atoms with Crippen molar-refractivity contribution in [2.75, 3.05) is 13.2 Å². The van der Waals surface area contributed by atoms with E-state index in [9.17, 15) is 0 Å². The molecule has 0 spiro atoms. The quantitative estimate of drug-likeness (QED) is 0.601. The van der Waals surface area contributed by atoms with Gasteiger partial charge in [-0.05, 0) is 31.2 Å². The van der Waals surface area contributed by atoms with Crippen LogP contribution in [-0.4, -0.2) is 13.2 Å². The van der Waals surface area contributed by atoms with E-state index in [1.807, 2.05) is 0 Å². The van der Waals surface area contributed by atoms with E-state index in [1.165, 1.54) is 12.0 Å². The maximum Gasteiger partial charge on any atom is 0.0466 e. The Morgan fingerprint density at radius 3 is 2.50 bits per heavy atom. The van der Waals surface area contributed by atoms with Gasteiger partial charge >= 0.3 is 0 Å². The Bertz CT molecular complexity index is 218. The number of benzene rings is 1. The van der Waals surface area contributed by atoms with Crippen molar-refractivity contribution in [3.63, 3.8) is 0 Å². The lowest BCUT2D eigenvalue weighted by molar-refractivity contribution is 0.134. The molecule has 0 heterocycles. The first kappa shape index (κ1) is 11.3. The van der Waals surface area contributed by atoms with E-state index >= 15 is 0 Å². The van der Waals surface area contributed by atoms with Crippen molar-refractivity contribution in [1.82, 2.24) is 0 Å². The summed E-state index contributed by atoms with van der Waals surface area (Å²) < 4.78 is 5.36. The van der Waals surface area contributed by atoms with E-state index < -0.39 is 0 Å². The molecule has 0 saturated heterocycles. The van der Waals surface area contributed by atoms with Gasteiger partial charge in [-0.15, -0.1) is 0 Å². The molecule has 1 rings (SSSR count). The van der Waals surface area contributed by atoms with Gasteiger partial charge in [0, 0.05) is 13.2 Å². The zero-order valence-electron chi connectivity index (χ0n) is 8.74. The van der Waals surface area contributed by atoms with Crippen LogP contribution in [0, 0.1) is 6.92 Å². The minimum absolute atomic E-state index is 0.797. The number of ether oxygens (including phenoxy) is 1. The number of hydrogen-bond donors (Lipinski definition) is 0. The molecular formula is C13H19O. The normalized spacial score (nSPS) is 10.4. The first-order valence-corrected chi connectivity index (χ1v) is 5.34. The van der Waals surface area contributed by atoms with Crippen molar-refractivity contribution in [3.8, 4) is 0 Å². The van der Waals surface area contributed by atoms with Gasteiger partial charge in [-0.25, -0.2) is 0 Å². The molecule has 0 aliphatic rings. The van der Waals surface area contributed by atoms with Crippen molar-refractivity contribution in [2.45, 2.75) is 25.7 Å². The summed E-state index contributed by atoms with van der Waals surface area (Å²) in [5.41, 5.74) is 1.42. The van der Waals surface area contributed by atoms with Gasteiger partial charge < -0.3 is 4.74 Å². The molecule has 0 amide bonds. The fourth-order valence-electron chi connectivity index (χ4n) is 1.38. The highest BCUT2D eigenvalue weighted by molar-refractivity contribution is 5.14. The zero-order chi connectivity index (χ0) is 10.1. The maximum atomic E-state index is 5.36. The molecule has 0 unspecified atom stereocenters. The van der Waals surface area contributed by atoms with E-state index in [-0.39, 0.29) is 0 Å². The second-order valence-corrected chi connectivity index (χ2v) is 3.41.